The van der Waals surface area contributed by atoms with Crippen molar-refractivity contribution in [2.45, 2.75) is 100 Å². The second-order valence-electron chi connectivity index (χ2n) is 11.5. The molecule has 0 unspecified atom stereocenters. The van der Waals surface area contributed by atoms with Gasteiger partial charge in [-0.05, 0) is 49.7 Å². The molecule has 4 N–H and O–H groups in total. The van der Waals surface area contributed by atoms with Crippen LogP contribution in [0.2, 0.25) is 0 Å². The number of hydrogen-bond donors (Lipinski definition) is 4. The van der Waals surface area contributed by atoms with Crippen LogP contribution in [-0.2, 0) is 9.59 Å². The van der Waals surface area contributed by atoms with Gasteiger partial charge in [-0.2, -0.15) is 0 Å². The van der Waals surface area contributed by atoms with Crippen molar-refractivity contribution < 1.29 is 19.8 Å². The number of hydrogen-bond acceptors (Lipinski definition) is 4. The van der Waals surface area contributed by atoms with Crippen molar-refractivity contribution >= 4 is 11.8 Å². The molecule has 3 saturated carbocycles. The topological polar surface area (TPSA) is 98.7 Å². The molecule has 3 aliphatic carbocycles. The number of amides is 2. The molecule has 2 atom stereocenters. The summed E-state index contributed by atoms with van der Waals surface area (Å²) >= 11 is 0. The maximum Gasteiger partial charge on any atom is 0.236 e. The number of benzene rings is 2. The highest BCUT2D eigenvalue weighted by Gasteiger charge is 2.52. The highest BCUT2D eigenvalue weighted by atomic mass is 16.3. The number of carbonyl (C=O) groups is 2. The van der Waals surface area contributed by atoms with Crippen LogP contribution < -0.4 is 10.6 Å². The molecule has 198 valence electrons. The van der Waals surface area contributed by atoms with Crippen LogP contribution in [0.4, 0.5) is 0 Å². The Kier molecular flexibility index (Phi) is 7.42. The number of rotatable bonds is 8. The first-order chi connectivity index (χ1) is 17.9. The minimum absolute atomic E-state index is 0.318. The zero-order valence-electron chi connectivity index (χ0n) is 21.6. The molecule has 0 bridgehead atoms. The van der Waals surface area contributed by atoms with E-state index >= 15 is 0 Å². The van der Waals surface area contributed by atoms with Crippen LogP contribution in [-0.4, -0.2) is 33.2 Å². The largest absolute Gasteiger partial charge is 0.387 e. The summed E-state index contributed by atoms with van der Waals surface area (Å²) in [6, 6.07) is 18.1. The Bertz CT molecular complexity index is 987. The van der Waals surface area contributed by atoms with Crippen molar-refractivity contribution in [2.24, 2.45) is 5.41 Å². The van der Waals surface area contributed by atoms with E-state index in [4.69, 9.17) is 0 Å². The molecule has 37 heavy (non-hydrogen) atoms. The van der Waals surface area contributed by atoms with Crippen molar-refractivity contribution in [2.75, 3.05) is 0 Å². The van der Waals surface area contributed by atoms with Crippen molar-refractivity contribution in [1.82, 2.24) is 10.6 Å². The summed E-state index contributed by atoms with van der Waals surface area (Å²) in [4.78, 5) is 28.1. The summed E-state index contributed by atoms with van der Waals surface area (Å²) in [5.41, 5.74) is -1.56. The highest BCUT2D eigenvalue weighted by Crippen LogP contribution is 2.45. The van der Waals surface area contributed by atoms with Gasteiger partial charge in [0.05, 0.1) is 23.3 Å². The standard InChI is InChI=1S/C31H40N2O4/c34-27(32-25(23-13-3-1-4-14-23)30(36)19-9-10-20-30)29(17-7-8-18-29)28(35)33-26(24-15-5-2-6-16-24)31(37)21-11-12-22-31/h1-6,13-16,25-26,36-37H,7-12,17-22H2,(H,32,34)(H,33,35)/t25-,26-/m1/s1. The first-order valence-electron chi connectivity index (χ1n) is 14.0. The molecule has 0 heterocycles. The molecule has 0 spiro atoms. The monoisotopic (exact) mass is 504 g/mol. The van der Waals surface area contributed by atoms with Crippen LogP contribution in [0.3, 0.4) is 0 Å². The third-order valence-electron chi connectivity index (χ3n) is 9.16. The van der Waals surface area contributed by atoms with E-state index in [1.807, 2.05) is 60.7 Å². The lowest BCUT2D eigenvalue weighted by atomic mass is 9.80. The van der Waals surface area contributed by atoms with Gasteiger partial charge < -0.3 is 20.8 Å². The van der Waals surface area contributed by atoms with E-state index in [1.54, 1.807) is 0 Å². The summed E-state index contributed by atoms with van der Waals surface area (Å²) in [6.07, 6.45) is 8.65. The van der Waals surface area contributed by atoms with Gasteiger partial charge >= 0.3 is 0 Å². The maximum atomic E-state index is 14.1. The molecule has 0 aliphatic heterocycles. The molecule has 2 amide bonds. The average molecular weight is 505 g/mol. The molecular weight excluding hydrogens is 464 g/mol. The number of carbonyl (C=O) groups excluding carboxylic acids is 2. The minimum atomic E-state index is -1.22. The van der Waals surface area contributed by atoms with Gasteiger partial charge in [0.15, 0.2) is 0 Å². The molecule has 2 aromatic rings. The predicted octanol–water partition coefficient (Wildman–Crippen LogP) is 4.87. The lowest BCUT2D eigenvalue weighted by Crippen LogP contribution is -2.56. The fraction of sp³-hybridized carbons (Fsp3) is 0.548. The van der Waals surface area contributed by atoms with E-state index in [9.17, 15) is 19.8 Å². The van der Waals surface area contributed by atoms with Gasteiger partial charge in [0.2, 0.25) is 11.8 Å². The van der Waals surface area contributed by atoms with Crippen molar-refractivity contribution in [3.63, 3.8) is 0 Å². The molecule has 0 radical (unpaired) electrons. The second-order valence-corrected chi connectivity index (χ2v) is 11.5. The molecule has 2 aromatic carbocycles. The highest BCUT2D eigenvalue weighted by molar-refractivity contribution is 6.05. The Morgan fingerprint density at radius 2 is 0.892 bits per heavy atom. The Balaban J connectivity index is 1.43. The lowest BCUT2D eigenvalue weighted by molar-refractivity contribution is -0.147. The summed E-state index contributed by atoms with van der Waals surface area (Å²) in [5, 5.41) is 29.4. The maximum absolute atomic E-state index is 14.1. The summed E-state index contributed by atoms with van der Waals surface area (Å²) in [7, 11) is 0. The van der Waals surface area contributed by atoms with Gasteiger partial charge in [-0.25, -0.2) is 0 Å². The normalized spacial score (nSPS) is 23.3. The summed E-state index contributed by atoms with van der Waals surface area (Å²) < 4.78 is 0. The van der Waals surface area contributed by atoms with E-state index in [0.717, 1.165) is 49.7 Å². The fourth-order valence-electron chi connectivity index (χ4n) is 6.97. The number of aliphatic hydroxyl groups is 2. The first-order valence-corrected chi connectivity index (χ1v) is 14.0. The molecular formula is C31H40N2O4. The van der Waals surface area contributed by atoms with Gasteiger partial charge in [-0.3, -0.25) is 9.59 Å². The molecule has 3 fully saturated rings. The Labute approximate surface area is 219 Å². The zero-order chi connectivity index (χ0) is 25.9. The minimum Gasteiger partial charge on any atom is -0.387 e. The smallest absolute Gasteiger partial charge is 0.236 e. The molecule has 0 saturated heterocycles. The summed E-state index contributed by atoms with van der Waals surface area (Å²) in [5.74, 6) is -0.635. The van der Waals surface area contributed by atoms with Gasteiger partial charge in [-0.1, -0.05) is 99.2 Å². The van der Waals surface area contributed by atoms with E-state index in [0.29, 0.717) is 38.5 Å². The third kappa shape index (κ3) is 5.06. The number of nitrogens with one attached hydrogen (secondary N) is 2. The van der Waals surface area contributed by atoms with Gasteiger partial charge in [0, 0.05) is 0 Å². The van der Waals surface area contributed by atoms with Crippen LogP contribution >= 0.6 is 0 Å². The first kappa shape index (κ1) is 25.9. The molecule has 6 heteroatoms. The third-order valence-corrected chi connectivity index (χ3v) is 9.16. The Morgan fingerprint density at radius 1 is 0.568 bits per heavy atom. The SMILES string of the molecule is O=C(N[C@H](c1ccccc1)C1(O)CCCC1)C1(C(=O)N[C@H](c2ccccc2)C2(O)CCCC2)CCCC1. The van der Waals surface area contributed by atoms with Gasteiger partial charge in [0.1, 0.15) is 5.41 Å². The van der Waals surface area contributed by atoms with E-state index < -0.39 is 28.7 Å². The Hall–Kier alpha value is -2.70. The average Bonchev–Trinajstić information content (AvgIpc) is 3.69. The summed E-state index contributed by atoms with van der Waals surface area (Å²) in [6.45, 7) is 0. The van der Waals surface area contributed by atoms with Crippen molar-refractivity contribution in [3.05, 3.63) is 71.8 Å². The van der Waals surface area contributed by atoms with Crippen LogP contribution in [0.15, 0.2) is 60.7 Å². The lowest BCUT2D eigenvalue weighted by Gasteiger charge is -2.39. The van der Waals surface area contributed by atoms with E-state index in [-0.39, 0.29) is 11.8 Å². The van der Waals surface area contributed by atoms with Crippen molar-refractivity contribution in [3.8, 4) is 0 Å². The predicted molar refractivity (Wildman–Crippen MR) is 142 cm³/mol. The van der Waals surface area contributed by atoms with E-state index in [2.05, 4.69) is 10.6 Å². The fourth-order valence-corrected chi connectivity index (χ4v) is 6.97. The quantitative estimate of drug-likeness (QED) is 0.386. The van der Waals surface area contributed by atoms with Crippen LogP contribution in [0.1, 0.15) is 100 Å². The van der Waals surface area contributed by atoms with Crippen LogP contribution in [0.5, 0.6) is 0 Å². The van der Waals surface area contributed by atoms with E-state index in [1.165, 1.54) is 0 Å². The molecule has 6 nitrogen and oxygen atoms in total. The van der Waals surface area contributed by atoms with Crippen molar-refractivity contribution in [1.29, 1.82) is 0 Å². The zero-order valence-corrected chi connectivity index (χ0v) is 21.6. The Morgan fingerprint density at radius 3 is 1.24 bits per heavy atom. The van der Waals surface area contributed by atoms with Gasteiger partial charge in [-0.15, -0.1) is 0 Å². The second kappa shape index (κ2) is 10.6. The molecule has 0 aromatic heterocycles. The molecule has 5 rings (SSSR count). The van der Waals surface area contributed by atoms with Crippen LogP contribution in [0.25, 0.3) is 0 Å². The van der Waals surface area contributed by atoms with Gasteiger partial charge in [0.25, 0.3) is 0 Å². The molecule has 3 aliphatic rings. The van der Waals surface area contributed by atoms with Crippen LogP contribution in [0, 0.1) is 5.41 Å².